The van der Waals surface area contributed by atoms with E-state index in [2.05, 4.69) is 10.1 Å². The highest BCUT2D eigenvalue weighted by Crippen LogP contribution is 2.29. The van der Waals surface area contributed by atoms with Crippen molar-refractivity contribution in [1.82, 2.24) is 10.1 Å². The number of benzene rings is 1. The summed E-state index contributed by atoms with van der Waals surface area (Å²) in [5, 5.41) is 17.8. The summed E-state index contributed by atoms with van der Waals surface area (Å²) >= 11 is 7.75. The van der Waals surface area contributed by atoms with Crippen LogP contribution in [0.4, 0.5) is 0 Å². The number of ether oxygens (including phenoxy) is 1. The van der Waals surface area contributed by atoms with E-state index in [0.717, 1.165) is 5.56 Å². The number of hydrogen-bond acceptors (Lipinski definition) is 6. The van der Waals surface area contributed by atoms with E-state index >= 15 is 0 Å². The van der Waals surface area contributed by atoms with Crippen LogP contribution < -0.4 is 4.74 Å². The fourth-order valence-electron chi connectivity index (χ4n) is 1.83. The third kappa shape index (κ3) is 2.98. The lowest BCUT2D eigenvalue weighted by Crippen LogP contribution is -1.84. The third-order valence-corrected chi connectivity index (χ3v) is 3.86. The Morgan fingerprint density at radius 2 is 2.27 bits per heavy atom. The zero-order valence-corrected chi connectivity index (χ0v) is 13.1. The summed E-state index contributed by atoms with van der Waals surface area (Å²) in [6.07, 6.45) is 1.63. The molecule has 0 radical (unpaired) electrons. The van der Waals surface area contributed by atoms with Gasteiger partial charge in [-0.15, -0.1) is 0 Å². The zero-order valence-electron chi connectivity index (χ0n) is 11.5. The second-order valence-electron chi connectivity index (χ2n) is 4.36. The maximum atomic E-state index is 9.76. The number of halogens is 1. The summed E-state index contributed by atoms with van der Waals surface area (Å²) in [5.74, 6) is 1.13. The van der Waals surface area contributed by atoms with E-state index in [0.29, 0.717) is 22.2 Å². The molecule has 112 valence electrons. The van der Waals surface area contributed by atoms with E-state index < -0.39 is 0 Å². The summed E-state index contributed by atoms with van der Waals surface area (Å²) in [4.78, 5) is 4.25. The fourth-order valence-corrected chi connectivity index (χ4v) is 2.67. The van der Waals surface area contributed by atoms with Gasteiger partial charge in [-0.1, -0.05) is 22.8 Å². The van der Waals surface area contributed by atoms with Gasteiger partial charge in [0.2, 0.25) is 5.82 Å². The molecule has 0 atom stereocenters. The van der Waals surface area contributed by atoms with Crippen LogP contribution in [0.2, 0.25) is 0 Å². The van der Waals surface area contributed by atoms with Gasteiger partial charge in [-0.2, -0.15) is 16.3 Å². The molecule has 2 heterocycles. The van der Waals surface area contributed by atoms with Crippen molar-refractivity contribution in [2.45, 2.75) is 0 Å². The number of aromatic hydroxyl groups is 1. The van der Waals surface area contributed by atoms with Gasteiger partial charge in [0.1, 0.15) is 5.03 Å². The fraction of sp³-hybridized carbons (Fsp3) is 0.0667. The molecular weight excluding hydrogens is 324 g/mol. The van der Waals surface area contributed by atoms with E-state index in [-0.39, 0.29) is 11.6 Å². The number of nitrogens with zero attached hydrogens (tertiary/aromatic N) is 2. The lowest BCUT2D eigenvalue weighted by atomic mass is 10.2. The van der Waals surface area contributed by atoms with Crippen molar-refractivity contribution in [2.24, 2.45) is 0 Å². The Balaban J connectivity index is 1.87. The van der Waals surface area contributed by atoms with Gasteiger partial charge in [-0.3, -0.25) is 0 Å². The first-order valence-corrected chi connectivity index (χ1v) is 7.60. The van der Waals surface area contributed by atoms with Crippen LogP contribution in [0.1, 0.15) is 11.5 Å². The number of methoxy groups -OCH3 is 1. The second-order valence-corrected chi connectivity index (χ2v) is 5.55. The van der Waals surface area contributed by atoms with Gasteiger partial charge in [0, 0.05) is 10.9 Å². The van der Waals surface area contributed by atoms with Gasteiger partial charge in [-0.25, -0.2) is 0 Å². The van der Waals surface area contributed by atoms with Gasteiger partial charge in [0.05, 0.1) is 7.11 Å². The van der Waals surface area contributed by atoms with Crippen LogP contribution in [-0.2, 0) is 0 Å². The van der Waals surface area contributed by atoms with Crippen LogP contribution in [0.15, 0.2) is 39.5 Å². The van der Waals surface area contributed by atoms with Gasteiger partial charge in [0.15, 0.2) is 11.5 Å². The second kappa shape index (κ2) is 6.21. The Morgan fingerprint density at radius 3 is 2.95 bits per heavy atom. The van der Waals surface area contributed by atoms with Crippen molar-refractivity contribution in [2.75, 3.05) is 7.11 Å². The largest absolute Gasteiger partial charge is 0.504 e. The van der Waals surface area contributed by atoms with Gasteiger partial charge < -0.3 is 14.4 Å². The van der Waals surface area contributed by atoms with Crippen molar-refractivity contribution in [1.29, 1.82) is 0 Å². The van der Waals surface area contributed by atoms with E-state index in [1.54, 1.807) is 29.5 Å². The Morgan fingerprint density at radius 1 is 1.41 bits per heavy atom. The number of thiophene rings is 1. The molecule has 22 heavy (non-hydrogen) atoms. The van der Waals surface area contributed by atoms with Crippen molar-refractivity contribution in [3.63, 3.8) is 0 Å². The van der Waals surface area contributed by atoms with Crippen molar-refractivity contribution >= 4 is 34.0 Å². The maximum Gasteiger partial charge on any atom is 0.269 e. The summed E-state index contributed by atoms with van der Waals surface area (Å²) < 4.78 is 10.1. The highest BCUT2D eigenvalue weighted by atomic mass is 35.5. The van der Waals surface area contributed by atoms with Gasteiger partial charge in [0.25, 0.3) is 5.89 Å². The number of rotatable bonds is 4. The average Bonchev–Trinajstić information content (AvgIpc) is 3.18. The van der Waals surface area contributed by atoms with E-state index in [4.69, 9.17) is 20.9 Å². The molecule has 0 aliphatic rings. The summed E-state index contributed by atoms with van der Waals surface area (Å²) in [5.41, 5.74) is 1.57. The molecule has 0 bridgehead atoms. The minimum absolute atomic E-state index is 0.0326. The molecule has 2 aromatic heterocycles. The average molecular weight is 335 g/mol. The molecule has 0 fully saturated rings. The highest BCUT2D eigenvalue weighted by molar-refractivity contribution is 7.08. The molecule has 7 heteroatoms. The predicted octanol–water partition coefficient (Wildman–Crippen LogP) is 4.25. The SMILES string of the molecule is COc1ccc(/C=C(\Cl)c2nc(-c3ccsc3)no2)cc1O. The summed E-state index contributed by atoms with van der Waals surface area (Å²) in [7, 11) is 1.49. The van der Waals surface area contributed by atoms with Crippen molar-refractivity contribution < 1.29 is 14.4 Å². The molecule has 0 aliphatic heterocycles. The molecule has 3 rings (SSSR count). The topological polar surface area (TPSA) is 68.4 Å². The standard InChI is InChI=1S/C15H11ClN2O3S/c1-20-13-3-2-9(7-12(13)19)6-11(16)15-17-14(18-21-15)10-4-5-22-8-10/h2-8,19H,1H3/b11-6-. The number of hydrogen-bond donors (Lipinski definition) is 1. The number of phenolic OH excluding ortho intramolecular Hbond substituents is 1. The van der Waals surface area contributed by atoms with E-state index in [1.165, 1.54) is 13.2 Å². The molecule has 1 aromatic carbocycles. The van der Waals surface area contributed by atoms with Crippen LogP contribution >= 0.6 is 22.9 Å². The third-order valence-electron chi connectivity index (χ3n) is 2.91. The number of phenols is 1. The van der Waals surface area contributed by atoms with E-state index in [9.17, 15) is 5.11 Å². The van der Waals surface area contributed by atoms with Crippen LogP contribution in [-0.4, -0.2) is 22.4 Å². The molecule has 0 saturated heterocycles. The Labute approximate surface area is 135 Å². The van der Waals surface area contributed by atoms with Gasteiger partial charge in [-0.05, 0) is 35.2 Å². The molecule has 0 unspecified atom stereocenters. The molecule has 5 nitrogen and oxygen atoms in total. The monoisotopic (exact) mass is 334 g/mol. The minimum atomic E-state index is 0.0326. The molecule has 0 amide bonds. The highest BCUT2D eigenvalue weighted by Gasteiger charge is 2.12. The summed E-state index contributed by atoms with van der Waals surface area (Å²) in [6.45, 7) is 0. The summed E-state index contributed by atoms with van der Waals surface area (Å²) in [6, 6.07) is 6.85. The maximum absolute atomic E-state index is 9.76. The van der Waals surface area contributed by atoms with E-state index in [1.807, 2.05) is 16.8 Å². The Kier molecular flexibility index (Phi) is 4.13. The molecule has 0 spiro atoms. The molecule has 0 saturated carbocycles. The zero-order chi connectivity index (χ0) is 15.5. The molecule has 0 aliphatic carbocycles. The van der Waals surface area contributed by atoms with Crippen LogP contribution in [0.25, 0.3) is 22.5 Å². The molecule has 1 N–H and O–H groups in total. The van der Waals surface area contributed by atoms with Crippen molar-refractivity contribution in [3.05, 3.63) is 46.5 Å². The lowest BCUT2D eigenvalue weighted by molar-refractivity contribution is 0.373. The normalized spacial score (nSPS) is 11.6. The smallest absolute Gasteiger partial charge is 0.269 e. The first-order chi connectivity index (χ1) is 10.7. The van der Waals surface area contributed by atoms with Crippen molar-refractivity contribution in [3.8, 4) is 22.9 Å². The van der Waals surface area contributed by atoms with Gasteiger partial charge >= 0.3 is 0 Å². The first-order valence-electron chi connectivity index (χ1n) is 6.28. The quantitative estimate of drug-likeness (QED) is 0.772. The minimum Gasteiger partial charge on any atom is -0.504 e. The molecule has 3 aromatic rings. The number of aromatic nitrogens is 2. The van der Waals surface area contributed by atoms with Crippen LogP contribution in [0.3, 0.4) is 0 Å². The predicted molar refractivity (Wildman–Crippen MR) is 86.0 cm³/mol. The lowest BCUT2D eigenvalue weighted by Gasteiger charge is -2.03. The van der Waals surface area contributed by atoms with Crippen LogP contribution in [0.5, 0.6) is 11.5 Å². The molecular formula is C15H11ClN2O3S. The first kappa shape index (κ1) is 14.6. The Bertz CT molecular complexity index is 812. The Hall–Kier alpha value is -2.31. The van der Waals surface area contributed by atoms with Crippen LogP contribution in [0, 0.1) is 0 Å².